The van der Waals surface area contributed by atoms with Gasteiger partial charge in [-0.2, -0.15) is 0 Å². The van der Waals surface area contributed by atoms with Crippen molar-refractivity contribution < 1.29 is 17.9 Å². The van der Waals surface area contributed by atoms with Crippen LogP contribution in [0.5, 0.6) is 0 Å². The number of alkyl halides is 1. The molecule has 106 valence electrons. The zero-order valence-electron chi connectivity index (χ0n) is 10.3. The molecule has 0 unspecified atom stereocenters. The fourth-order valence-electron chi connectivity index (χ4n) is 1.28. The summed E-state index contributed by atoms with van der Waals surface area (Å²) in [5.74, 6) is -0.403. The molecule has 0 spiro atoms. The zero-order valence-corrected chi connectivity index (χ0v) is 11.9. The lowest BCUT2D eigenvalue weighted by Gasteiger charge is -2.08. The Bertz CT molecular complexity index is 516. The van der Waals surface area contributed by atoms with Gasteiger partial charge in [-0.05, 0) is 24.3 Å². The van der Waals surface area contributed by atoms with E-state index in [1.165, 1.54) is 7.11 Å². The molecule has 0 heterocycles. The van der Waals surface area contributed by atoms with Crippen LogP contribution in [0.15, 0.2) is 24.3 Å². The van der Waals surface area contributed by atoms with Crippen LogP contribution < -0.4 is 10.0 Å². The first-order valence-corrected chi connectivity index (χ1v) is 7.61. The topological polar surface area (TPSA) is 84.5 Å². The molecule has 0 aliphatic rings. The highest BCUT2D eigenvalue weighted by Gasteiger charge is 2.09. The van der Waals surface area contributed by atoms with Crippen LogP contribution in [0, 0.1) is 0 Å². The van der Waals surface area contributed by atoms with E-state index in [9.17, 15) is 13.2 Å². The minimum atomic E-state index is -3.42. The van der Waals surface area contributed by atoms with E-state index in [-0.39, 0.29) is 24.1 Å². The third kappa shape index (κ3) is 5.91. The maximum absolute atomic E-state index is 11.5. The average Bonchev–Trinajstić information content (AvgIpc) is 2.31. The van der Waals surface area contributed by atoms with Gasteiger partial charge in [0.05, 0.1) is 5.75 Å². The Hall–Kier alpha value is -1.31. The molecule has 0 aliphatic heterocycles. The van der Waals surface area contributed by atoms with Gasteiger partial charge in [0.25, 0.3) is 0 Å². The van der Waals surface area contributed by atoms with Crippen LogP contribution in [-0.2, 0) is 19.6 Å². The molecule has 0 bridgehead atoms. The maximum atomic E-state index is 11.5. The van der Waals surface area contributed by atoms with E-state index >= 15 is 0 Å². The van der Waals surface area contributed by atoms with Crippen molar-refractivity contribution in [1.29, 1.82) is 0 Å². The standard InChI is InChI=1S/C11H15ClN2O4S/c1-18-8-11(15)13-9-2-4-10(5-3-9)14-19(16,17)7-6-12/h2-5,14H,6-8H2,1H3,(H,13,15). The highest BCUT2D eigenvalue weighted by molar-refractivity contribution is 7.92. The highest BCUT2D eigenvalue weighted by atomic mass is 35.5. The van der Waals surface area contributed by atoms with Crippen molar-refractivity contribution >= 4 is 38.9 Å². The molecule has 8 heteroatoms. The number of benzene rings is 1. The summed E-state index contributed by atoms with van der Waals surface area (Å²) in [6.07, 6.45) is 0. The molecule has 6 nitrogen and oxygen atoms in total. The lowest BCUT2D eigenvalue weighted by molar-refractivity contribution is -0.119. The molecule has 1 aromatic rings. The van der Waals surface area contributed by atoms with E-state index < -0.39 is 10.0 Å². The molecule has 1 rings (SSSR count). The van der Waals surface area contributed by atoms with Crippen molar-refractivity contribution in [3.63, 3.8) is 0 Å². The number of sulfonamides is 1. The monoisotopic (exact) mass is 306 g/mol. The summed E-state index contributed by atoms with van der Waals surface area (Å²) in [6, 6.07) is 6.28. The molecular weight excluding hydrogens is 292 g/mol. The molecule has 1 amide bonds. The number of halogens is 1. The normalized spacial score (nSPS) is 11.1. The van der Waals surface area contributed by atoms with Gasteiger partial charge in [-0.3, -0.25) is 9.52 Å². The Labute approximate surface area is 117 Å². The molecule has 0 radical (unpaired) electrons. The van der Waals surface area contributed by atoms with Gasteiger partial charge in [0.1, 0.15) is 6.61 Å². The van der Waals surface area contributed by atoms with Crippen molar-refractivity contribution in [3.05, 3.63) is 24.3 Å². The van der Waals surface area contributed by atoms with E-state index in [1.807, 2.05) is 0 Å². The van der Waals surface area contributed by atoms with E-state index in [0.717, 1.165) is 0 Å². The largest absolute Gasteiger partial charge is 0.375 e. The summed E-state index contributed by atoms with van der Waals surface area (Å²) in [7, 11) is -1.99. The number of carbonyl (C=O) groups excluding carboxylic acids is 1. The number of hydrogen-bond acceptors (Lipinski definition) is 4. The molecular formula is C11H15ClN2O4S. The van der Waals surface area contributed by atoms with E-state index in [2.05, 4.69) is 14.8 Å². The van der Waals surface area contributed by atoms with Gasteiger partial charge in [-0.15, -0.1) is 11.6 Å². The van der Waals surface area contributed by atoms with Crippen LogP contribution >= 0.6 is 11.6 Å². The van der Waals surface area contributed by atoms with Crippen molar-refractivity contribution in [3.8, 4) is 0 Å². The summed E-state index contributed by atoms with van der Waals surface area (Å²) in [4.78, 5) is 11.2. The number of nitrogens with one attached hydrogen (secondary N) is 2. The summed E-state index contributed by atoms with van der Waals surface area (Å²) < 4.78 is 30.0. The molecule has 0 atom stereocenters. The lowest BCUT2D eigenvalue weighted by Crippen LogP contribution is -2.18. The smallest absolute Gasteiger partial charge is 0.250 e. The SMILES string of the molecule is COCC(=O)Nc1ccc(NS(=O)(=O)CCCl)cc1. The Morgan fingerprint density at radius 2 is 1.84 bits per heavy atom. The molecule has 0 saturated heterocycles. The van der Waals surface area contributed by atoms with Gasteiger partial charge in [-0.1, -0.05) is 0 Å². The second kappa shape index (κ2) is 7.32. The number of amides is 1. The van der Waals surface area contributed by atoms with Crippen molar-refractivity contribution in [2.24, 2.45) is 0 Å². The van der Waals surface area contributed by atoms with Crippen LogP contribution in [0.2, 0.25) is 0 Å². The number of anilines is 2. The quantitative estimate of drug-likeness (QED) is 0.743. The summed E-state index contributed by atoms with van der Waals surface area (Å²) in [5.41, 5.74) is 0.970. The summed E-state index contributed by atoms with van der Waals surface area (Å²) in [6.45, 7) is -0.0376. The molecule has 0 fully saturated rings. The Morgan fingerprint density at radius 1 is 1.26 bits per heavy atom. The second-order valence-corrected chi connectivity index (χ2v) is 5.89. The zero-order chi connectivity index (χ0) is 14.3. The lowest BCUT2D eigenvalue weighted by atomic mass is 10.3. The molecule has 2 N–H and O–H groups in total. The summed E-state index contributed by atoms with van der Waals surface area (Å²) >= 11 is 5.39. The van der Waals surface area contributed by atoms with Gasteiger partial charge in [0.15, 0.2) is 0 Å². The van der Waals surface area contributed by atoms with E-state index in [4.69, 9.17) is 11.6 Å². The van der Waals surface area contributed by atoms with Crippen LogP contribution in [0.4, 0.5) is 11.4 Å². The Morgan fingerprint density at radius 3 is 2.37 bits per heavy atom. The number of ether oxygens (including phenoxy) is 1. The number of hydrogen-bond donors (Lipinski definition) is 2. The van der Waals surface area contributed by atoms with Gasteiger partial charge >= 0.3 is 0 Å². The Balaban J connectivity index is 2.64. The van der Waals surface area contributed by atoms with Crippen molar-refractivity contribution in [2.45, 2.75) is 0 Å². The number of carbonyl (C=O) groups is 1. The molecule has 0 saturated carbocycles. The predicted molar refractivity (Wildman–Crippen MR) is 75.1 cm³/mol. The molecule has 19 heavy (non-hydrogen) atoms. The maximum Gasteiger partial charge on any atom is 0.250 e. The number of rotatable bonds is 7. The van der Waals surface area contributed by atoms with Crippen LogP contribution in [0.3, 0.4) is 0 Å². The van der Waals surface area contributed by atoms with Crippen LogP contribution in [-0.4, -0.2) is 39.7 Å². The third-order valence-corrected chi connectivity index (χ3v) is 3.76. The van der Waals surface area contributed by atoms with Crippen molar-refractivity contribution in [1.82, 2.24) is 0 Å². The Kier molecular flexibility index (Phi) is 6.07. The minimum Gasteiger partial charge on any atom is -0.375 e. The fraction of sp³-hybridized carbons (Fsp3) is 0.364. The first-order valence-electron chi connectivity index (χ1n) is 5.42. The third-order valence-electron chi connectivity index (χ3n) is 2.06. The number of methoxy groups -OCH3 is 1. The average molecular weight is 307 g/mol. The minimum absolute atomic E-state index is 0.0283. The van der Waals surface area contributed by atoms with Gasteiger partial charge in [-0.25, -0.2) is 8.42 Å². The second-order valence-electron chi connectivity index (χ2n) is 3.67. The molecule has 0 aliphatic carbocycles. The first kappa shape index (κ1) is 15.7. The fourth-order valence-corrected chi connectivity index (χ4v) is 2.69. The summed E-state index contributed by atoms with van der Waals surface area (Å²) in [5, 5.41) is 2.60. The van der Waals surface area contributed by atoms with Gasteiger partial charge < -0.3 is 10.1 Å². The van der Waals surface area contributed by atoms with Crippen LogP contribution in [0.25, 0.3) is 0 Å². The van der Waals surface area contributed by atoms with E-state index in [0.29, 0.717) is 11.4 Å². The molecule has 1 aromatic carbocycles. The van der Waals surface area contributed by atoms with Crippen LogP contribution in [0.1, 0.15) is 0 Å². The predicted octanol–water partition coefficient (Wildman–Crippen LogP) is 1.25. The highest BCUT2D eigenvalue weighted by Crippen LogP contribution is 2.15. The van der Waals surface area contributed by atoms with E-state index in [1.54, 1.807) is 24.3 Å². The van der Waals surface area contributed by atoms with Gasteiger partial charge in [0.2, 0.25) is 15.9 Å². The van der Waals surface area contributed by atoms with Crippen molar-refractivity contribution in [2.75, 3.05) is 35.4 Å². The molecule has 0 aromatic heterocycles. The first-order chi connectivity index (χ1) is 8.96. The van der Waals surface area contributed by atoms with Gasteiger partial charge in [0, 0.05) is 24.4 Å².